The lowest BCUT2D eigenvalue weighted by Gasteiger charge is -2.07. The molecule has 0 atom stereocenters. The lowest BCUT2D eigenvalue weighted by atomic mass is 10.1. The van der Waals surface area contributed by atoms with Crippen molar-refractivity contribution in [1.29, 1.82) is 0 Å². The van der Waals surface area contributed by atoms with E-state index in [2.05, 4.69) is 15.5 Å². The van der Waals surface area contributed by atoms with Gasteiger partial charge in [-0.1, -0.05) is 23.7 Å². The second-order valence-corrected chi connectivity index (χ2v) is 4.31. The number of benzene rings is 1. The van der Waals surface area contributed by atoms with Crippen LogP contribution in [0, 0.1) is 17.0 Å². The number of nitro groups is 1. The van der Waals surface area contributed by atoms with Crippen LogP contribution < -0.4 is 5.32 Å². The number of amides is 1. The Balaban J connectivity index is 2.34. The van der Waals surface area contributed by atoms with Gasteiger partial charge < -0.3 is 5.32 Å². The Bertz CT molecular complexity index is 673. The van der Waals surface area contributed by atoms with Crippen molar-refractivity contribution in [2.45, 2.75) is 6.92 Å². The molecule has 0 aliphatic carbocycles. The molecule has 2 rings (SSSR count). The van der Waals surface area contributed by atoms with Crippen LogP contribution in [0.1, 0.15) is 15.9 Å². The summed E-state index contributed by atoms with van der Waals surface area (Å²) < 4.78 is 0. The van der Waals surface area contributed by atoms with E-state index in [1.807, 2.05) is 0 Å². The standard InChI is InChI=1S/C12H9ClN4O3/c1-7-3-2-4-8(17(19)20)11(7)12(18)14-10-6-5-9(13)15-16-10/h2-6H,1H3,(H,14,16,18). The minimum atomic E-state index is -0.619. The number of aryl methyl sites for hydroxylation is 1. The molecule has 8 heteroatoms. The zero-order chi connectivity index (χ0) is 14.7. The minimum Gasteiger partial charge on any atom is -0.305 e. The minimum absolute atomic E-state index is 0.00532. The maximum Gasteiger partial charge on any atom is 0.282 e. The number of carbonyl (C=O) groups excluding carboxylic acids is 1. The summed E-state index contributed by atoms with van der Waals surface area (Å²) in [5, 5.41) is 20.8. The van der Waals surface area contributed by atoms with Crippen LogP contribution in [0.15, 0.2) is 30.3 Å². The topological polar surface area (TPSA) is 98.0 Å². The molecule has 0 unspecified atom stereocenters. The van der Waals surface area contributed by atoms with Crippen molar-refractivity contribution in [2.24, 2.45) is 0 Å². The van der Waals surface area contributed by atoms with Gasteiger partial charge in [0.1, 0.15) is 5.56 Å². The van der Waals surface area contributed by atoms with E-state index in [1.165, 1.54) is 24.3 Å². The van der Waals surface area contributed by atoms with Crippen LogP contribution in [0.4, 0.5) is 11.5 Å². The van der Waals surface area contributed by atoms with E-state index in [0.717, 1.165) is 0 Å². The Kier molecular flexibility index (Phi) is 3.90. The smallest absolute Gasteiger partial charge is 0.282 e. The van der Waals surface area contributed by atoms with E-state index < -0.39 is 10.8 Å². The molecule has 1 heterocycles. The summed E-state index contributed by atoms with van der Waals surface area (Å²) >= 11 is 5.58. The monoisotopic (exact) mass is 292 g/mol. The van der Waals surface area contributed by atoms with Crippen LogP contribution >= 0.6 is 11.6 Å². The Morgan fingerprint density at radius 2 is 2.05 bits per heavy atom. The molecule has 1 aromatic heterocycles. The SMILES string of the molecule is Cc1cccc([N+](=O)[O-])c1C(=O)Nc1ccc(Cl)nn1. The van der Waals surface area contributed by atoms with Crippen LogP contribution in [0.2, 0.25) is 5.15 Å². The Morgan fingerprint density at radius 3 is 2.65 bits per heavy atom. The third-order valence-electron chi connectivity index (χ3n) is 2.55. The van der Waals surface area contributed by atoms with E-state index in [4.69, 9.17) is 11.6 Å². The van der Waals surface area contributed by atoms with Gasteiger partial charge >= 0.3 is 0 Å². The molecule has 0 aliphatic heterocycles. The molecule has 0 bridgehead atoms. The maximum absolute atomic E-state index is 12.1. The highest BCUT2D eigenvalue weighted by Gasteiger charge is 2.22. The summed E-state index contributed by atoms with van der Waals surface area (Å²) in [4.78, 5) is 22.5. The molecule has 1 aromatic carbocycles. The third kappa shape index (κ3) is 2.89. The van der Waals surface area contributed by atoms with E-state index in [9.17, 15) is 14.9 Å². The number of halogens is 1. The van der Waals surface area contributed by atoms with Crippen molar-refractivity contribution < 1.29 is 9.72 Å². The van der Waals surface area contributed by atoms with Gasteiger partial charge in [-0.2, -0.15) is 0 Å². The summed E-state index contributed by atoms with van der Waals surface area (Å²) in [6.45, 7) is 1.62. The average molecular weight is 293 g/mol. The fourth-order valence-electron chi connectivity index (χ4n) is 1.66. The first-order valence-electron chi connectivity index (χ1n) is 5.53. The number of nitrogens with zero attached hydrogens (tertiary/aromatic N) is 3. The van der Waals surface area contributed by atoms with Gasteiger partial charge in [-0.25, -0.2) is 0 Å². The van der Waals surface area contributed by atoms with Crippen molar-refractivity contribution >= 4 is 29.0 Å². The average Bonchev–Trinajstić information content (AvgIpc) is 2.40. The highest BCUT2D eigenvalue weighted by molar-refractivity contribution is 6.29. The van der Waals surface area contributed by atoms with Crippen LogP contribution in [-0.4, -0.2) is 21.0 Å². The lowest BCUT2D eigenvalue weighted by Crippen LogP contribution is -2.16. The van der Waals surface area contributed by atoms with Crippen LogP contribution in [0.25, 0.3) is 0 Å². The molecule has 0 saturated carbocycles. The molecular formula is C12H9ClN4O3. The molecule has 0 fully saturated rings. The molecule has 1 N–H and O–H groups in total. The maximum atomic E-state index is 12.1. The second-order valence-electron chi connectivity index (χ2n) is 3.92. The third-order valence-corrected chi connectivity index (χ3v) is 2.75. The van der Waals surface area contributed by atoms with Gasteiger partial charge in [0.25, 0.3) is 11.6 Å². The zero-order valence-electron chi connectivity index (χ0n) is 10.3. The Morgan fingerprint density at radius 1 is 1.30 bits per heavy atom. The number of anilines is 1. The zero-order valence-corrected chi connectivity index (χ0v) is 11.1. The summed E-state index contributed by atoms with van der Waals surface area (Å²) in [5.41, 5.74) is 0.234. The summed E-state index contributed by atoms with van der Waals surface area (Å²) in [7, 11) is 0. The molecule has 0 radical (unpaired) electrons. The Labute approximate surface area is 118 Å². The van der Waals surface area contributed by atoms with E-state index in [-0.39, 0.29) is 22.2 Å². The molecule has 2 aromatic rings. The fraction of sp³-hybridized carbons (Fsp3) is 0.0833. The quantitative estimate of drug-likeness (QED) is 0.692. The van der Waals surface area contributed by atoms with Crippen molar-refractivity contribution in [3.63, 3.8) is 0 Å². The van der Waals surface area contributed by atoms with Crippen molar-refractivity contribution in [2.75, 3.05) is 5.32 Å². The van der Waals surface area contributed by atoms with Crippen LogP contribution in [-0.2, 0) is 0 Å². The number of aromatic nitrogens is 2. The first-order chi connectivity index (χ1) is 9.49. The molecule has 102 valence electrons. The molecule has 0 aliphatic rings. The molecule has 20 heavy (non-hydrogen) atoms. The van der Waals surface area contributed by atoms with Gasteiger partial charge in [0.05, 0.1) is 4.92 Å². The van der Waals surface area contributed by atoms with Gasteiger partial charge in [0.2, 0.25) is 0 Å². The van der Waals surface area contributed by atoms with Gasteiger partial charge in [-0.15, -0.1) is 10.2 Å². The van der Waals surface area contributed by atoms with Crippen LogP contribution in [0.3, 0.4) is 0 Å². The first-order valence-corrected chi connectivity index (χ1v) is 5.91. The number of rotatable bonds is 3. The molecular weight excluding hydrogens is 284 g/mol. The Hall–Kier alpha value is -2.54. The van der Waals surface area contributed by atoms with Crippen molar-refractivity contribution in [3.05, 3.63) is 56.7 Å². The van der Waals surface area contributed by atoms with Crippen molar-refractivity contribution in [1.82, 2.24) is 10.2 Å². The highest BCUT2D eigenvalue weighted by Crippen LogP contribution is 2.22. The van der Waals surface area contributed by atoms with Gasteiger partial charge in [0.15, 0.2) is 11.0 Å². The van der Waals surface area contributed by atoms with Gasteiger partial charge in [-0.05, 0) is 24.6 Å². The summed E-state index contributed by atoms with van der Waals surface area (Å²) in [5.74, 6) is -0.455. The second kappa shape index (κ2) is 5.62. The number of nitrogens with one attached hydrogen (secondary N) is 1. The van der Waals surface area contributed by atoms with Crippen LogP contribution in [0.5, 0.6) is 0 Å². The number of carbonyl (C=O) groups is 1. The van der Waals surface area contributed by atoms with Crippen molar-refractivity contribution in [3.8, 4) is 0 Å². The predicted octanol–water partition coefficient (Wildman–Crippen LogP) is 2.60. The molecule has 7 nitrogen and oxygen atoms in total. The highest BCUT2D eigenvalue weighted by atomic mass is 35.5. The predicted molar refractivity (Wildman–Crippen MR) is 72.8 cm³/mol. The normalized spacial score (nSPS) is 10.1. The largest absolute Gasteiger partial charge is 0.305 e. The summed E-state index contributed by atoms with van der Waals surface area (Å²) in [6.07, 6.45) is 0. The molecule has 0 saturated heterocycles. The van der Waals surface area contributed by atoms with E-state index in [1.54, 1.807) is 13.0 Å². The summed E-state index contributed by atoms with van der Waals surface area (Å²) in [6, 6.07) is 7.32. The molecule has 0 spiro atoms. The van der Waals surface area contributed by atoms with E-state index in [0.29, 0.717) is 5.56 Å². The fourth-order valence-corrected chi connectivity index (χ4v) is 1.76. The van der Waals surface area contributed by atoms with Gasteiger partial charge in [0, 0.05) is 6.07 Å². The first kappa shape index (κ1) is 13.9. The lowest BCUT2D eigenvalue weighted by molar-refractivity contribution is -0.385. The van der Waals surface area contributed by atoms with Gasteiger partial charge in [-0.3, -0.25) is 14.9 Å². The number of nitro benzene ring substituents is 1. The number of hydrogen-bond acceptors (Lipinski definition) is 5. The molecule has 1 amide bonds. The number of hydrogen-bond donors (Lipinski definition) is 1. The van der Waals surface area contributed by atoms with E-state index >= 15 is 0 Å².